The van der Waals surface area contributed by atoms with Gasteiger partial charge in [0, 0.05) is 24.3 Å². The zero-order chi connectivity index (χ0) is 22.3. The van der Waals surface area contributed by atoms with Gasteiger partial charge < -0.3 is 9.64 Å². The molecule has 1 aliphatic rings. The molecule has 1 aliphatic heterocycles. The second kappa shape index (κ2) is 10.1. The van der Waals surface area contributed by atoms with Crippen molar-refractivity contribution in [1.82, 2.24) is 5.43 Å². The molecule has 0 fully saturated rings. The summed E-state index contributed by atoms with van der Waals surface area (Å²) in [6, 6.07) is 20.2. The Kier molecular flexibility index (Phi) is 6.80. The summed E-state index contributed by atoms with van der Waals surface area (Å²) in [5.74, 6) is 0.243. The van der Waals surface area contributed by atoms with E-state index in [2.05, 4.69) is 39.7 Å². The van der Waals surface area contributed by atoms with Crippen molar-refractivity contribution in [3.05, 3.63) is 94.8 Å². The van der Waals surface area contributed by atoms with Crippen LogP contribution in [0.4, 0.5) is 10.1 Å². The Hall–Kier alpha value is -3.67. The van der Waals surface area contributed by atoms with Crippen molar-refractivity contribution in [2.24, 2.45) is 5.10 Å². The van der Waals surface area contributed by atoms with Crippen LogP contribution in [0.5, 0.6) is 5.75 Å². The summed E-state index contributed by atoms with van der Waals surface area (Å²) in [7, 11) is 1.67. The van der Waals surface area contributed by atoms with E-state index in [-0.39, 0.29) is 18.1 Å². The number of rotatable bonds is 7. The maximum atomic E-state index is 13.0. The highest BCUT2D eigenvalue weighted by Crippen LogP contribution is 2.30. The van der Waals surface area contributed by atoms with Crippen molar-refractivity contribution in [2.75, 3.05) is 18.6 Å². The lowest BCUT2D eigenvalue weighted by atomic mass is 10.0. The van der Waals surface area contributed by atoms with Gasteiger partial charge in [-0.3, -0.25) is 4.79 Å². The lowest BCUT2D eigenvalue weighted by molar-refractivity contribution is -0.120. The van der Waals surface area contributed by atoms with E-state index in [1.807, 2.05) is 18.2 Å². The van der Waals surface area contributed by atoms with Crippen molar-refractivity contribution in [1.29, 1.82) is 0 Å². The molecule has 0 radical (unpaired) electrons. The first-order chi connectivity index (χ1) is 15.6. The number of hydrogen-bond donors (Lipinski definition) is 1. The number of para-hydroxylation sites is 1. The number of aryl methyl sites for hydroxylation is 1. The fraction of sp³-hybridized carbons (Fsp3) is 0.231. The summed E-state index contributed by atoms with van der Waals surface area (Å²) < 4.78 is 18.6. The van der Waals surface area contributed by atoms with Crippen molar-refractivity contribution in [3.63, 3.8) is 0 Å². The number of nitrogens with one attached hydrogen (secondary N) is 1. The molecule has 5 nitrogen and oxygen atoms in total. The highest BCUT2D eigenvalue weighted by Gasteiger charge is 2.18. The largest absolute Gasteiger partial charge is 0.496 e. The monoisotopic (exact) mass is 431 g/mol. The zero-order valence-electron chi connectivity index (χ0n) is 18.1. The lowest BCUT2D eigenvalue weighted by Crippen LogP contribution is -2.29. The number of methoxy groups -OCH3 is 1. The Morgan fingerprint density at radius 3 is 2.78 bits per heavy atom. The maximum absolute atomic E-state index is 13.0. The number of hydrogen-bond acceptors (Lipinski definition) is 4. The van der Waals surface area contributed by atoms with Crippen LogP contribution in [0, 0.1) is 5.82 Å². The fourth-order valence-electron chi connectivity index (χ4n) is 3.99. The number of halogens is 1. The number of hydrazone groups is 1. The second-order valence-electron chi connectivity index (χ2n) is 7.82. The quantitative estimate of drug-likeness (QED) is 0.443. The minimum atomic E-state index is -0.324. The van der Waals surface area contributed by atoms with Crippen LogP contribution in [0.1, 0.15) is 28.7 Å². The lowest BCUT2D eigenvalue weighted by Gasteiger charge is -2.31. The Morgan fingerprint density at radius 2 is 1.97 bits per heavy atom. The Balaban J connectivity index is 1.43. The molecule has 0 unspecified atom stereocenters. The van der Waals surface area contributed by atoms with E-state index in [1.165, 1.54) is 23.4 Å². The maximum Gasteiger partial charge on any atom is 0.244 e. The molecule has 1 N–H and O–H groups in total. The Morgan fingerprint density at radius 1 is 1.16 bits per heavy atom. The van der Waals surface area contributed by atoms with E-state index in [0.717, 1.165) is 48.4 Å². The minimum Gasteiger partial charge on any atom is -0.496 e. The molecule has 0 saturated heterocycles. The number of amides is 1. The van der Waals surface area contributed by atoms with Gasteiger partial charge in [0.25, 0.3) is 0 Å². The summed E-state index contributed by atoms with van der Waals surface area (Å²) in [4.78, 5) is 14.5. The van der Waals surface area contributed by atoms with E-state index in [1.54, 1.807) is 25.5 Å². The van der Waals surface area contributed by atoms with Gasteiger partial charge in [0.15, 0.2) is 0 Å². The summed E-state index contributed by atoms with van der Waals surface area (Å²) in [5.41, 5.74) is 7.84. The van der Waals surface area contributed by atoms with Gasteiger partial charge in [0.2, 0.25) is 5.91 Å². The first kappa shape index (κ1) is 21.6. The molecule has 0 spiro atoms. The molecular formula is C26H26FN3O2. The number of nitrogens with zero attached hydrogens (tertiary/aromatic N) is 2. The zero-order valence-corrected chi connectivity index (χ0v) is 18.1. The van der Waals surface area contributed by atoms with Gasteiger partial charge in [-0.25, -0.2) is 9.82 Å². The second-order valence-corrected chi connectivity index (χ2v) is 7.82. The summed E-state index contributed by atoms with van der Waals surface area (Å²) in [6.07, 6.45) is 3.99. The van der Waals surface area contributed by atoms with Crippen molar-refractivity contribution in [3.8, 4) is 5.75 Å². The average Bonchev–Trinajstić information content (AvgIpc) is 2.81. The topological polar surface area (TPSA) is 53.9 Å². The van der Waals surface area contributed by atoms with E-state index < -0.39 is 0 Å². The SMILES string of the molecule is COc1ccc(C=NNC(=O)Cc2ccc(F)cc2)cc1CN1CCCc2ccccc21. The molecule has 0 aromatic heterocycles. The summed E-state index contributed by atoms with van der Waals surface area (Å²) >= 11 is 0. The third-order valence-electron chi connectivity index (χ3n) is 5.55. The summed E-state index contributed by atoms with van der Waals surface area (Å²) in [5, 5.41) is 4.08. The van der Waals surface area contributed by atoms with Gasteiger partial charge in [0.1, 0.15) is 11.6 Å². The van der Waals surface area contributed by atoms with Crippen LogP contribution in [0.3, 0.4) is 0 Å². The Bertz CT molecular complexity index is 1110. The number of anilines is 1. The van der Waals surface area contributed by atoms with Crippen molar-refractivity contribution >= 4 is 17.8 Å². The van der Waals surface area contributed by atoms with Crippen LogP contribution in [-0.2, 0) is 24.2 Å². The Labute approximate surface area is 187 Å². The van der Waals surface area contributed by atoms with E-state index >= 15 is 0 Å². The molecule has 4 rings (SSSR count). The standard InChI is InChI=1S/C26H26FN3O2/c1-32-25-13-10-20(17-28-29-26(31)16-19-8-11-23(27)12-9-19)15-22(25)18-30-14-4-6-21-5-2-3-7-24(21)30/h2-3,5,7-13,15,17H,4,6,14,16,18H2,1H3,(H,29,31). The third kappa shape index (κ3) is 5.32. The van der Waals surface area contributed by atoms with Crippen LogP contribution in [0.15, 0.2) is 71.8 Å². The predicted octanol–water partition coefficient (Wildman–Crippen LogP) is 4.48. The van der Waals surface area contributed by atoms with Crippen LogP contribution >= 0.6 is 0 Å². The number of ether oxygens (including phenoxy) is 1. The molecule has 0 saturated carbocycles. The molecule has 1 amide bonds. The van der Waals surface area contributed by atoms with E-state index in [0.29, 0.717) is 0 Å². The van der Waals surface area contributed by atoms with Gasteiger partial charge in [-0.2, -0.15) is 5.10 Å². The molecule has 6 heteroatoms. The predicted molar refractivity (Wildman–Crippen MR) is 125 cm³/mol. The van der Waals surface area contributed by atoms with Crippen LogP contribution in [0.2, 0.25) is 0 Å². The van der Waals surface area contributed by atoms with Gasteiger partial charge in [0.05, 0.1) is 19.7 Å². The molecule has 3 aromatic rings. The van der Waals surface area contributed by atoms with Crippen molar-refractivity contribution in [2.45, 2.75) is 25.8 Å². The highest BCUT2D eigenvalue weighted by atomic mass is 19.1. The van der Waals surface area contributed by atoms with Crippen molar-refractivity contribution < 1.29 is 13.9 Å². The van der Waals surface area contributed by atoms with Crippen LogP contribution in [-0.4, -0.2) is 25.8 Å². The first-order valence-corrected chi connectivity index (χ1v) is 10.7. The molecule has 32 heavy (non-hydrogen) atoms. The molecular weight excluding hydrogens is 405 g/mol. The molecule has 0 bridgehead atoms. The average molecular weight is 432 g/mol. The smallest absolute Gasteiger partial charge is 0.244 e. The molecule has 1 heterocycles. The van der Waals surface area contributed by atoms with Crippen LogP contribution < -0.4 is 15.1 Å². The van der Waals surface area contributed by atoms with Gasteiger partial charge >= 0.3 is 0 Å². The van der Waals surface area contributed by atoms with Crippen LogP contribution in [0.25, 0.3) is 0 Å². The number of carbonyl (C=O) groups is 1. The highest BCUT2D eigenvalue weighted by molar-refractivity contribution is 5.83. The molecule has 0 aliphatic carbocycles. The van der Waals surface area contributed by atoms with Gasteiger partial charge in [-0.15, -0.1) is 0 Å². The number of carbonyl (C=O) groups excluding carboxylic acids is 1. The fourth-order valence-corrected chi connectivity index (χ4v) is 3.99. The normalized spacial score (nSPS) is 13.1. The molecule has 164 valence electrons. The molecule has 0 atom stereocenters. The van der Waals surface area contributed by atoms with E-state index in [9.17, 15) is 9.18 Å². The molecule has 3 aromatic carbocycles. The minimum absolute atomic E-state index is 0.139. The summed E-state index contributed by atoms with van der Waals surface area (Å²) in [6.45, 7) is 1.73. The van der Waals surface area contributed by atoms with E-state index in [4.69, 9.17) is 4.74 Å². The first-order valence-electron chi connectivity index (χ1n) is 10.7. The number of benzene rings is 3. The number of fused-ring (bicyclic) bond motifs is 1. The van der Waals surface area contributed by atoms with Gasteiger partial charge in [-0.1, -0.05) is 30.3 Å². The van der Waals surface area contributed by atoms with Gasteiger partial charge in [-0.05, 0) is 65.9 Å². The third-order valence-corrected chi connectivity index (χ3v) is 5.55.